The van der Waals surface area contributed by atoms with Crippen LogP contribution in [0.2, 0.25) is 0 Å². The number of ketones is 1. The third-order valence-electron chi connectivity index (χ3n) is 5.29. The molecule has 1 amide bonds. The normalized spacial score (nSPS) is 18.2. The Bertz CT molecular complexity index is 966. The van der Waals surface area contributed by atoms with Crippen LogP contribution in [-0.2, 0) is 14.3 Å². The van der Waals surface area contributed by atoms with E-state index in [2.05, 4.69) is 13.8 Å². The molecule has 1 unspecified atom stereocenters. The number of nitrogens with zero attached hydrogens (tertiary/aromatic N) is 1. The molecule has 3 rings (SSSR count). The Morgan fingerprint density at radius 2 is 1.71 bits per heavy atom. The van der Waals surface area contributed by atoms with Gasteiger partial charge in [-0.2, -0.15) is 0 Å². The fourth-order valence-corrected chi connectivity index (χ4v) is 3.61. The molecule has 31 heavy (non-hydrogen) atoms. The second kappa shape index (κ2) is 9.85. The van der Waals surface area contributed by atoms with Gasteiger partial charge in [-0.15, -0.1) is 0 Å². The molecule has 2 aromatic rings. The van der Waals surface area contributed by atoms with Gasteiger partial charge in [-0.1, -0.05) is 38.1 Å². The van der Waals surface area contributed by atoms with Crippen LogP contribution in [0, 0.1) is 5.82 Å². The third-order valence-corrected chi connectivity index (χ3v) is 5.29. The molecule has 7 heteroatoms. The van der Waals surface area contributed by atoms with Crippen LogP contribution >= 0.6 is 0 Å². The zero-order valence-electron chi connectivity index (χ0n) is 17.5. The molecule has 0 radical (unpaired) electrons. The number of halogens is 1. The molecule has 6 nitrogen and oxygen atoms in total. The monoisotopic (exact) mass is 427 g/mol. The number of aliphatic hydroxyl groups is 2. The zero-order chi connectivity index (χ0) is 22.5. The van der Waals surface area contributed by atoms with Gasteiger partial charge in [0.05, 0.1) is 31.4 Å². The maximum Gasteiger partial charge on any atom is 0.295 e. The maximum atomic E-state index is 13.3. The number of likely N-dealkylation sites (tertiary alicyclic amines) is 1. The van der Waals surface area contributed by atoms with Gasteiger partial charge >= 0.3 is 0 Å². The van der Waals surface area contributed by atoms with Gasteiger partial charge in [0, 0.05) is 12.1 Å². The van der Waals surface area contributed by atoms with E-state index in [1.165, 1.54) is 29.2 Å². The summed E-state index contributed by atoms with van der Waals surface area (Å²) >= 11 is 0. The summed E-state index contributed by atoms with van der Waals surface area (Å²) in [6.45, 7) is 4.34. The van der Waals surface area contributed by atoms with Crippen LogP contribution in [0.25, 0.3) is 5.76 Å². The van der Waals surface area contributed by atoms with Gasteiger partial charge in [-0.3, -0.25) is 9.59 Å². The van der Waals surface area contributed by atoms with Crippen molar-refractivity contribution in [3.8, 4) is 0 Å². The van der Waals surface area contributed by atoms with Gasteiger partial charge in [0.25, 0.3) is 11.7 Å². The maximum absolute atomic E-state index is 13.3. The van der Waals surface area contributed by atoms with Crippen LogP contribution in [0.5, 0.6) is 0 Å². The van der Waals surface area contributed by atoms with Gasteiger partial charge in [0.1, 0.15) is 11.6 Å². The van der Waals surface area contributed by atoms with Crippen molar-refractivity contribution in [3.63, 3.8) is 0 Å². The summed E-state index contributed by atoms with van der Waals surface area (Å²) in [4.78, 5) is 27.0. The van der Waals surface area contributed by atoms with Gasteiger partial charge in [0.15, 0.2) is 0 Å². The predicted molar refractivity (Wildman–Crippen MR) is 114 cm³/mol. The van der Waals surface area contributed by atoms with Crippen LogP contribution in [0.4, 0.5) is 4.39 Å². The molecular weight excluding hydrogens is 401 g/mol. The summed E-state index contributed by atoms with van der Waals surface area (Å²) in [5, 5.41) is 19.8. The molecule has 2 aromatic carbocycles. The first-order chi connectivity index (χ1) is 14.8. The average molecular weight is 427 g/mol. The lowest BCUT2D eigenvalue weighted by molar-refractivity contribution is -0.140. The number of hydrogen-bond acceptors (Lipinski definition) is 5. The number of carbonyl (C=O) groups excluding carboxylic acids is 2. The Hall–Kier alpha value is -3.03. The quantitative estimate of drug-likeness (QED) is 0.292. The lowest BCUT2D eigenvalue weighted by Gasteiger charge is -2.25. The van der Waals surface area contributed by atoms with Gasteiger partial charge < -0.3 is 19.8 Å². The first kappa shape index (κ1) is 22.7. The minimum Gasteiger partial charge on any atom is -0.507 e. The predicted octanol–water partition coefficient (Wildman–Crippen LogP) is 3.38. The van der Waals surface area contributed by atoms with Crippen LogP contribution in [0.1, 0.15) is 42.5 Å². The second-order valence-corrected chi connectivity index (χ2v) is 7.66. The number of amides is 1. The summed E-state index contributed by atoms with van der Waals surface area (Å²) < 4.78 is 18.6. The van der Waals surface area contributed by atoms with Crippen molar-refractivity contribution >= 4 is 17.4 Å². The highest BCUT2D eigenvalue weighted by Gasteiger charge is 2.45. The minimum absolute atomic E-state index is 0.0453. The lowest BCUT2D eigenvalue weighted by Crippen LogP contribution is -2.33. The molecule has 1 atom stereocenters. The molecule has 1 heterocycles. The molecule has 0 aromatic heterocycles. The van der Waals surface area contributed by atoms with Crippen LogP contribution in [-0.4, -0.2) is 53.2 Å². The summed E-state index contributed by atoms with van der Waals surface area (Å²) in [7, 11) is 0. The van der Waals surface area contributed by atoms with E-state index in [-0.39, 0.29) is 43.3 Å². The number of benzene rings is 2. The fourth-order valence-electron chi connectivity index (χ4n) is 3.61. The zero-order valence-corrected chi connectivity index (χ0v) is 17.5. The summed E-state index contributed by atoms with van der Waals surface area (Å²) in [5.41, 5.74) is 1.98. The molecule has 1 saturated heterocycles. The summed E-state index contributed by atoms with van der Waals surface area (Å²) in [6.07, 6.45) is 0. The largest absolute Gasteiger partial charge is 0.507 e. The second-order valence-electron chi connectivity index (χ2n) is 7.66. The Morgan fingerprint density at radius 3 is 2.29 bits per heavy atom. The molecule has 164 valence electrons. The standard InChI is InChI=1S/C24H26FNO5/c1-15(2)16-3-5-17(6-4-16)21-20(22(28)18-7-9-19(25)10-8-18)23(29)24(30)26(21)11-13-31-14-12-27/h3-10,15,21,27-28H,11-14H2,1-2H3/b22-20+. The number of hydrogen-bond donors (Lipinski definition) is 2. The number of carbonyl (C=O) groups is 2. The third kappa shape index (κ3) is 4.84. The number of Topliss-reactive ketones (excluding diaryl/α,β-unsaturated/α-hetero) is 1. The molecule has 1 fully saturated rings. The van der Waals surface area contributed by atoms with Crippen LogP contribution in [0.15, 0.2) is 54.1 Å². The Labute approximate surface area is 180 Å². The minimum atomic E-state index is -0.804. The highest BCUT2D eigenvalue weighted by atomic mass is 19.1. The van der Waals surface area contributed by atoms with E-state index >= 15 is 0 Å². The highest BCUT2D eigenvalue weighted by Crippen LogP contribution is 2.39. The molecule has 0 aliphatic carbocycles. The Balaban J connectivity index is 2.06. The van der Waals surface area contributed by atoms with Gasteiger partial charge in [0.2, 0.25) is 0 Å². The summed E-state index contributed by atoms with van der Waals surface area (Å²) in [5.74, 6) is -2.06. The van der Waals surface area contributed by atoms with Gasteiger partial charge in [-0.25, -0.2) is 4.39 Å². The topological polar surface area (TPSA) is 87.1 Å². The van der Waals surface area contributed by atoms with Crippen molar-refractivity contribution in [1.29, 1.82) is 0 Å². The Morgan fingerprint density at radius 1 is 1.06 bits per heavy atom. The molecule has 0 spiro atoms. The van der Waals surface area contributed by atoms with Crippen LogP contribution in [0.3, 0.4) is 0 Å². The number of aliphatic hydroxyl groups excluding tert-OH is 2. The van der Waals surface area contributed by atoms with Crippen molar-refractivity contribution in [2.45, 2.75) is 25.8 Å². The van der Waals surface area contributed by atoms with E-state index in [1.54, 1.807) is 0 Å². The Kier molecular flexibility index (Phi) is 7.20. The molecular formula is C24H26FNO5. The van der Waals surface area contributed by atoms with Crippen molar-refractivity contribution in [2.24, 2.45) is 0 Å². The van der Waals surface area contributed by atoms with E-state index in [9.17, 15) is 19.1 Å². The first-order valence-corrected chi connectivity index (χ1v) is 10.2. The van der Waals surface area contributed by atoms with E-state index in [0.29, 0.717) is 11.5 Å². The SMILES string of the molecule is CC(C)c1ccc(C2/C(=C(\O)c3ccc(F)cc3)C(=O)C(=O)N2CCOCCO)cc1. The van der Waals surface area contributed by atoms with Crippen molar-refractivity contribution in [3.05, 3.63) is 76.6 Å². The lowest BCUT2D eigenvalue weighted by atomic mass is 9.93. The summed E-state index contributed by atoms with van der Waals surface area (Å²) in [6, 6.07) is 11.8. The van der Waals surface area contributed by atoms with E-state index < -0.39 is 23.5 Å². The number of rotatable bonds is 8. The van der Waals surface area contributed by atoms with Gasteiger partial charge in [-0.05, 0) is 41.3 Å². The molecule has 1 aliphatic rings. The molecule has 0 saturated carbocycles. The number of ether oxygens (including phenoxy) is 1. The smallest absolute Gasteiger partial charge is 0.295 e. The van der Waals surface area contributed by atoms with Crippen molar-refractivity contribution in [1.82, 2.24) is 4.90 Å². The fraction of sp³-hybridized carbons (Fsp3) is 0.333. The highest BCUT2D eigenvalue weighted by molar-refractivity contribution is 6.46. The molecule has 2 N–H and O–H groups in total. The van der Waals surface area contributed by atoms with Crippen molar-refractivity contribution in [2.75, 3.05) is 26.4 Å². The van der Waals surface area contributed by atoms with Crippen LogP contribution < -0.4 is 0 Å². The first-order valence-electron chi connectivity index (χ1n) is 10.2. The molecule has 0 bridgehead atoms. The van der Waals surface area contributed by atoms with E-state index in [1.807, 2.05) is 24.3 Å². The average Bonchev–Trinajstić information content (AvgIpc) is 3.01. The van der Waals surface area contributed by atoms with E-state index in [0.717, 1.165) is 5.56 Å². The van der Waals surface area contributed by atoms with Crippen molar-refractivity contribution < 1.29 is 28.9 Å². The van der Waals surface area contributed by atoms with E-state index in [4.69, 9.17) is 9.84 Å². The molecule has 1 aliphatic heterocycles.